The van der Waals surface area contributed by atoms with Crippen molar-refractivity contribution in [3.63, 3.8) is 0 Å². The van der Waals surface area contributed by atoms with E-state index < -0.39 is 5.54 Å². The van der Waals surface area contributed by atoms with Gasteiger partial charge in [0.25, 0.3) is 0 Å². The highest BCUT2D eigenvalue weighted by molar-refractivity contribution is 5.82. The highest BCUT2D eigenvalue weighted by Crippen LogP contribution is 2.56. The molecule has 0 aromatic rings. The fourth-order valence-electron chi connectivity index (χ4n) is 3.88. The van der Waals surface area contributed by atoms with Gasteiger partial charge in [0.15, 0.2) is 0 Å². The van der Waals surface area contributed by atoms with Gasteiger partial charge in [0, 0.05) is 0 Å². The van der Waals surface area contributed by atoms with Gasteiger partial charge in [-0.25, -0.2) is 0 Å². The Hall–Kier alpha value is -0.570. The fraction of sp³-hybridized carbons (Fsp3) is 0.917. The normalized spacial score (nSPS) is 33.5. The van der Waals surface area contributed by atoms with Gasteiger partial charge < -0.3 is 10.1 Å². The van der Waals surface area contributed by atoms with E-state index in [1.807, 2.05) is 7.05 Å². The number of hydrogen-bond donors (Lipinski definition) is 1. The fourth-order valence-corrected chi connectivity index (χ4v) is 3.88. The zero-order valence-electron chi connectivity index (χ0n) is 9.77. The second-order valence-electron chi connectivity index (χ2n) is 4.99. The van der Waals surface area contributed by atoms with Gasteiger partial charge in [-0.1, -0.05) is 19.3 Å². The molecule has 1 N–H and O–H groups in total. The van der Waals surface area contributed by atoms with Gasteiger partial charge in [-0.05, 0) is 38.1 Å². The first-order chi connectivity index (χ1) is 7.21. The van der Waals surface area contributed by atoms with Crippen LogP contribution in [0.4, 0.5) is 0 Å². The monoisotopic (exact) mass is 211 g/mol. The number of hydrogen-bond acceptors (Lipinski definition) is 3. The van der Waals surface area contributed by atoms with E-state index in [0.29, 0.717) is 0 Å². The average molecular weight is 211 g/mol. The molecular weight excluding hydrogens is 190 g/mol. The van der Waals surface area contributed by atoms with Crippen LogP contribution in [-0.4, -0.2) is 25.7 Å². The van der Waals surface area contributed by atoms with E-state index in [1.165, 1.54) is 39.2 Å². The molecule has 0 bridgehead atoms. The van der Waals surface area contributed by atoms with E-state index in [0.717, 1.165) is 12.8 Å². The van der Waals surface area contributed by atoms with Crippen LogP contribution in [0.1, 0.15) is 44.9 Å². The third-order valence-electron chi connectivity index (χ3n) is 4.63. The molecule has 0 radical (unpaired) electrons. The topological polar surface area (TPSA) is 38.3 Å². The number of rotatable bonds is 2. The van der Waals surface area contributed by atoms with Crippen LogP contribution in [0.3, 0.4) is 0 Å². The van der Waals surface area contributed by atoms with E-state index in [4.69, 9.17) is 4.74 Å². The van der Waals surface area contributed by atoms with Gasteiger partial charge >= 0.3 is 5.97 Å². The molecule has 2 fully saturated rings. The van der Waals surface area contributed by atoms with Crippen LogP contribution in [0, 0.1) is 5.41 Å². The Labute approximate surface area is 91.6 Å². The van der Waals surface area contributed by atoms with Crippen LogP contribution < -0.4 is 5.32 Å². The van der Waals surface area contributed by atoms with Crippen molar-refractivity contribution >= 4 is 5.97 Å². The number of esters is 1. The van der Waals surface area contributed by atoms with Crippen LogP contribution in [-0.2, 0) is 9.53 Å². The summed E-state index contributed by atoms with van der Waals surface area (Å²) >= 11 is 0. The standard InChI is InChI=1S/C12H21NO2/c1-13-12(10(14)15-2)9-5-8-11(12)6-3-4-7-11/h13H,3-9H2,1-2H3. The van der Waals surface area contributed by atoms with Gasteiger partial charge in [0.1, 0.15) is 5.54 Å². The Morgan fingerprint density at radius 1 is 1.13 bits per heavy atom. The van der Waals surface area contributed by atoms with E-state index in [-0.39, 0.29) is 11.4 Å². The molecule has 2 rings (SSSR count). The molecule has 0 saturated heterocycles. The van der Waals surface area contributed by atoms with Crippen LogP contribution in [0.25, 0.3) is 0 Å². The Morgan fingerprint density at radius 2 is 1.73 bits per heavy atom. The summed E-state index contributed by atoms with van der Waals surface area (Å²) in [5.41, 5.74) is -0.201. The number of likely N-dealkylation sites (N-methyl/N-ethyl adjacent to an activating group) is 1. The first kappa shape index (κ1) is 10.9. The molecule has 0 aliphatic heterocycles. The van der Waals surface area contributed by atoms with Crippen molar-refractivity contribution in [1.29, 1.82) is 0 Å². The first-order valence-corrected chi connectivity index (χ1v) is 5.98. The summed E-state index contributed by atoms with van der Waals surface area (Å²) in [5, 5.41) is 3.29. The predicted octanol–water partition coefficient (Wildman–Crippen LogP) is 1.86. The van der Waals surface area contributed by atoms with Gasteiger partial charge in [-0.3, -0.25) is 4.79 Å². The van der Waals surface area contributed by atoms with Crippen LogP contribution in [0.2, 0.25) is 0 Å². The molecule has 3 heteroatoms. The molecule has 2 saturated carbocycles. The lowest BCUT2D eigenvalue weighted by Gasteiger charge is -2.41. The lowest BCUT2D eigenvalue weighted by molar-refractivity contribution is -0.153. The number of nitrogens with one attached hydrogen (secondary N) is 1. The van der Waals surface area contributed by atoms with Gasteiger partial charge in [0.05, 0.1) is 7.11 Å². The molecule has 2 aliphatic carbocycles. The van der Waals surface area contributed by atoms with Crippen molar-refractivity contribution in [1.82, 2.24) is 5.32 Å². The Bertz CT molecular complexity index is 253. The molecule has 0 aromatic carbocycles. The summed E-state index contributed by atoms with van der Waals surface area (Å²) in [6.45, 7) is 0. The minimum atomic E-state index is -0.391. The van der Waals surface area contributed by atoms with E-state index >= 15 is 0 Å². The molecule has 3 nitrogen and oxygen atoms in total. The quantitative estimate of drug-likeness (QED) is 0.709. The van der Waals surface area contributed by atoms with Crippen LogP contribution in [0.5, 0.6) is 0 Å². The summed E-state index contributed by atoms with van der Waals surface area (Å²) < 4.78 is 5.01. The second-order valence-corrected chi connectivity index (χ2v) is 4.99. The number of methoxy groups -OCH3 is 1. The second kappa shape index (κ2) is 3.78. The summed E-state index contributed by atoms with van der Waals surface area (Å²) in [4.78, 5) is 12.0. The Kier molecular flexibility index (Phi) is 2.75. The van der Waals surface area contributed by atoms with E-state index in [2.05, 4.69) is 5.32 Å². The van der Waals surface area contributed by atoms with Crippen LogP contribution in [0.15, 0.2) is 0 Å². The summed E-state index contributed by atoms with van der Waals surface area (Å²) in [6.07, 6.45) is 8.17. The molecule has 0 amide bonds. The highest BCUT2D eigenvalue weighted by Gasteiger charge is 2.59. The zero-order chi connectivity index (χ0) is 10.9. The summed E-state index contributed by atoms with van der Waals surface area (Å²) in [6, 6.07) is 0. The van der Waals surface area contributed by atoms with Gasteiger partial charge in [-0.15, -0.1) is 0 Å². The molecule has 0 heterocycles. The summed E-state index contributed by atoms with van der Waals surface area (Å²) in [7, 11) is 3.41. The highest BCUT2D eigenvalue weighted by atomic mass is 16.5. The van der Waals surface area contributed by atoms with Crippen molar-refractivity contribution in [2.24, 2.45) is 5.41 Å². The third-order valence-corrected chi connectivity index (χ3v) is 4.63. The SMILES string of the molecule is CNC1(C(=O)OC)CCCC12CCCC2. The van der Waals surface area contributed by atoms with E-state index in [9.17, 15) is 4.79 Å². The van der Waals surface area contributed by atoms with Crippen LogP contribution >= 0.6 is 0 Å². The maximum Gasteiger partial charge on any atom is 0.326 e. The molecule has 86 valence electrons. The molecule has 2 aliphatic rings. The Morgan fingerprint density at radius 3 is 2.27 bits per heavy atom. The maximum absolute atomic E-state index is 12.0. The smallest absolute Gasteiger partial charge is 0.326 e. The average Bonchev–Trinajstić information content (AvgIpc) is 2.87. The van der Waals surface area contributed by atoms with Crippen molar-refractivity contribution in [2.45, 2.75) is 50.5 Å². The molecular formula is C12H21NO2. The molecule has 0 aromatic heterocycles. The molecule has 15 heavy (non-hydrogen) atoms. The Balaban J connectivity index is 2.33. The maximum atomic E-state index is 12.0. The molecule has 1 spiro atoms. The van der Waals surface area contributed by atoms with Gasteiger partial charge in [-0.2, -0.15) is 0 Å². The number of carbonyl (C=O) groups is 1. The summed E-state index contributed by atoms with van der Waals surface area (Å²) in [5.74, 6) is -0.0515. The lowest BCUT2D eigenvalue weighted by Crippen LogP contribution is -2.59. The lowest BCUT2D eigenvalue weighted by atomic mass is 9.70. The number of ether oxygens (including phenoxy) is 1. The predicted molar refractivity (Wildman–Crippen MR) is 58.6 cm³/mol. The van der Waals surface area contributed by atoms with Crippen molar-refractivity contribution < 1.29 is 9.53 Å². The van der Waals surface area contributed by atoms with E-state index in [1.54, 1.807) is 0 Å². The molecule has 1 unspecified atom stereocenters. The molecule has 1 atom stereocenters. The van der Waals surface area contributed by atoms with Gasteiger partial charge in [0.2, 0.25) is 0 Å². The minimum Gasteiger partial charge on any atom is -0.468 e. The third kappa shape index (κ3) is 1.32. The number of carbonyl (C=O) groups excluding carboxylic acids is 1. The zero-order valence-corrected chi connectivity index (χ0v) is 9.77. The van der Waals surface area contributed by atoms with Crippen molar-refractivity contribution in [3.05, 3.63) is 0 Å². The van der Waals surface area contributed by atoms with Crippen molar-refractivity contribution in [2.75, 3.05) is 14.2 Å². The van der Waals surface area contributed by atoms with Crippen molar-refractivity contribution in [3.8, 4) is 0 Å². The largest absolute Gasteiger partial charge is 0.468 e. The minimum absolute atomic E-state index is 0.0515. The first-order valence-electron chi connectivity index (χ1n) is 5.98.